The predicted molar refractivity (Wildman–Crippen MR) is 107 cm³/mol. The van der Waals surface area contributed by atoms with Crippen molar-refractivity contribution in [1.82, 2.24) is 5.32 Å². The largest absolute Gasteiger partial charge is 0.477 e. The zero-order valence-corrected chi connectivity index (χ0v) is 18.9. The Labute approximate surface area is 194 Å². The van der Waals surface area contributed by atoms with Gasteiger partial charge in [-0.25, -0.2) is 4.79 Å². The van der Waals surface area contributed by atoms with Gasteiger partial charge < -0.3 is 64.7 Å². The predicted octanol–water partition coefficient (Wildman–Crippen LogP) is -4.74. The minimum Gasteiger partial charge on any atom is -0.477 e. The minimum atomic E-state index is -2.48. The number of aliphatic hydroxyl groups excluding tert-OH is 6. The molecule has 198 valence electrons. The molecule has 2 aliphatic rings. The third-order valence-corrected chi connectivity index (χ3v) is 5.88. The highest BCUT2D eigenvalue weighted by atomic mass is 16.7. The molecule has 34 heavy (non-hydrogen) atoms. The lowest BCUT2D eigenvalue weighted by atomic mass is 9.88. The van der Waals surface area contributed by atoms with Crippen LogP contribution >= 0.6 is 0 Å². The normalized spacial score (nSPS) is 40.4. The van der Waals surface area contributed by atoms with Gasteiger partial charge in [-0.3, -0.25) is 4.79 Å². The van der Waals surface area contributed by atoms with Crippen molar-refractivity contribution in [2.45, 2.75) is 80.3 Å². The minimum absolute atomic E-state index is 0.484. The first kappa shape index (κ1) is 28.7. The van der Waals surface area contributed by atoms with E-state index >= 15 is 0 Å². The SMILES string of the molecule is CO[C@@H]([C@@H]1O[C@@](OC[C@H]2OC(O)[C@H](O)[C@@H](O)[C@H]2O)(C(=O)O)C[C@H](OC)[C@H]1NC(C)=O)[C@@H](O)CO. The lowest BCUT2D eigenvalue weighted by Crippen LogP contribution is -2.69. The number of carbonyl (C=O) groups is 2. The number of amides is 1. The first-order valence-corrected chi connectivity index (χ1v) is 10.5. The molecule has 15 nitrogen and oxygen atoms in total. The molecule has 8 N–H and O–H groups in total. The highest BCUT2D eigenvalue weighted by molar-refractivity contribution is 5.76. The molecule has 0 aliphatic carbocycles. The van der Waals surface area contributed by atoms with Gasteiger partial charge in [0.2, 0.25) is 5.91 Å². The average molecular weight is 499 g/mol. The standard InChI is InChI=1S/C19H33NO14/c1-7(22)20-11-9(30-2)4-19(18(28)29,34-16(11)15(31-3)8(23)5-21)32-6-10-12(24)13(25)14(26)17(27)33-10/h8-17,21,23-27H,4-6H2,1-3H3,(H,20,22)(H,28,29)/t8-,9-,10+,11+,12-,13-,14+,15+,16+,17?,19+/m0/s1. The lowest BCUT2D eigenvalue weighted by Gasteiger charge is -2.48. The van der Waals surface area contributed by atoms with Crippen LogP contribution in [0.1, 0.15) is 13.3 Å². The fourth-order valence-electron chi connectivity index (χ4n) is 4.05. The molecule has 1 amide bonds. The van der Waals surface area contributed by atoms with Gasteiger partial charge in [0.25, 0.3) is 5.79 Å². The maximum Gasteiger partial charge on any atom is 0.364 e. The maximum absolute atomic E-state index is 12.3. The molecule has 2 rings (SSSR count). The number of aliphatic carboxylic acids is 1. The first-order valence-electron chi connectivity index (χ1n) is 10.5. The molecule has 2 aliphatic heterocycles. The van der Waals surface area contributed by atoms with Gasteiger partial charge in [-0.05, 0) is 0 Å². The second-order valence-electron chi connectivity index (χ2n) is 8.14. The summed E-state index contributed by atoms with van der Waals surface area (Å²) in [5, 5.41) is 71.5. The number of carboxylic acid groups (broad SMARTS) is 1. The number of carboxylic acids is 1. The Balaban J connectivity index is 2.37. The second-order valence-corrected chi connectivity index (χ2v) is 8.14. The van der Waals surface area contributed by atoms with Crippen LogP contribution in [0.2, 0.25) is 0 Å². The molecule has 11 atom stereocenters. The Morgan fingerprint density at radius 3 is 2.29 bits per heavy atom. The van der Waals surface area contributed by atoms with E-state index in [2.05, 4.69) is 5.32 Å². The van der Waals surface area contributed by atoms with E-state index in [4.69, 9.17) is 23.7 Å². The van der Waals surface area contributed by atoms with Crippen molar-refractivity contribution in [3.8, 4) is 0 Å². The molecule has 2 saturated heterocycles. The summed E-state index contributed by atoms with van der Waals surface area (Å²) in [5.41, 5.74) is 0. The summed E-state index contributed by atoms with van der Waals surface area (Å²) in [4.78, 5) is 24.1. The number of ether oxygens (including phenoxy) is 5. The van der Waals surface area contributed by atoms with Gasteiger partial charge in [-0.1, -0.05) is 0 Å². The molecule has 0 bridgehead atoms. The van der Waals surface area contributed by atoms with Gasteiger partial charge in [0.1, 0.15) is 42.7 Å². The van der Waals surface area contributed by atoms with Crippen molar-refractivity contribution in [1.29, 1.82) is 0 Å². The van der Waals surface area contributed by atoms with E-state index in [1.807, 2.05) is 0 Å². The van der Waals surface area contributed by atoms with Crippen LogP contribution in [0.3, 0.4) is 0 Å². The monoisotopic (exact) mass is 499 g/mol. The molecule has 15 heteroatoms. The van der Waals surface area contributed by atoms with Crippen molar-refractivity contribution in [2.24, 2.45) is 0 Å². The van der Waals surface area contributed by atoms with Gasteiger partial charge in [0.15, 0.2) is 6.29 Å². The van der Waals surface area contributed by atoms with Crippen molar-refractivity contribution in [3.05, 3.63) is 0 Å². The van der Waals surface area contributed by atoms with E-state index in [0.29, 0.717) is 0 Å². The first-order chi connectivity index (χ1) is 15.9. The van der Waals surface area contributed by atoms with E-state index in [-0.39, 0.29) is 0 Å². The zero-order chi connectivity index (χ0) is 25.8. The van der Waals surface area contributed by atoms with E-state index in [1.54, 1.807) is 0 Å². The van der Waals surface area contributed by atoms with Crippen LogP contribution in [0.15, 0.2) is 0 Å². The summed E-state index contributed by atoms with van der Waals surface area (Å²) in [6.45, 7) is -0.289. The molecule has 0 spiro atoms. The van der Waals surface area contributed by atoms with Crippen molar-refractivity contribution >= 4 is 11.9 Å². The van der Waals surface area contributed by atoms with Crippen LogP contribution in [0.5, 0.6) is 0 Å². The van der Waals surface area contributed by atoms with Crippen LogP contribution < -0.4 is 5.32 Å². The molecule has 2 heterocycles. The Kier molecular flexibility index (Phi) is 10.1. The highest BCUT2D eigenvalue weighted by Crippen LogP contribution is 2.36. The van der Waals surface area contributed by atoms with Crippen LogP contribution in [0, 0.1) is 0 Å². The lowest BCUT2D eigenvalue weighted by molar-refractivity contribution is -0.336. The molecular weight excluding hydrogens is 466 g/mol. The smallest absolute Gasteiger partial charge is 0.364 e. The van der Waals surface area contributed by atoms with E-state index in [1.165, 1.54) is 21.1 Å². The van der Waals surface area contributed by atoms with Gasteiger partial charge in [-0.15, -0.1) is 0 Å². The zero-order valence-electron chi connectivity index (χ0n) is 18.9. The third kappa shape index (κ3) is 6.00. The molecule has 0 aromatic carbocycles. The van der Waals surface area contributed by atoms with E-state index in [0.717, 1.165) is 0 Å². The maximum atomic E-state index is 12.3. The van der Waals surface area contributed by atoms with Gasteiger partial charge >= 0.3 is 5.97 Å². The Morgan fingerprint density at radius 2 is 1.79 bits per heavy atom. The number of hydrogen-bond donors (Lipinski definition) is 8. The number of nitrogens with one attached hydrogen (secondary N) is 1. The molecule has 0 radical (unpaired) electrons. The van der Waals surface area contributed by atoms with E-state index in [9.17, 15) is 45.3 Å². The summed E-state index contributed by atoms with van der Waals surface area (Å²) in [5.74, 6) is -4.64. The fraction of sp³-hybridized carbons (Fsp3) is 0.895. The molecule has 1 unspecified atom stereocenters. The Hall–Kier alpha value is -1.50. The van der Waals surface area contributed by atoms with Gasteiger partial charge in [0, 0.05) is 27.6 Å². The summed E-state index contributed by atoms with van der Waals surface area (Å²) in [7, 11) is 2.43. The third-order valence-electron chi connectivity index (χ3n) is 5.88. The van der Waals surface area contributed by atoms with Crippen LogP contribution in [-0.4, -0.2) is 142 Å². The second kappa shape index (κ2) is 12.0. The Morgan fingerprint density at radius 1 is 1.15 bits per heavy atom. The van der Waals surface area contributed by atoms with Gasteiger partial charge in [-0.2, -0.15) is 0 Å². The van der Waals surface area contributed by atoms with E-state index < -0.39 is 98.5 Å². The van der Waals surface area contributed by atoms with Crippen molar-refractivity contribution in [2.75, 3.05) is 27.4 Å². The molecule has 0 aromatic heterocycles. The molecule has 2 fully saturated rings. The average Bonchev–Trinajstić information content (AvgIpc) is 2.80. The summed E-state index contributed by atoms with van der Waals surface area (Å²) in [6, 6.07) is -1.03. The number of methoxy groups -OCH3 is 2. The number of carbonyl (C=O) groups excluding carboxylic acids is 1. The van der Waals surface area contributed by atoms with Crippen LogP contribution in [-0.2, 0) is 33.3 Å². The fourth-order valence-corrected chi connectivity index (χ4v) is 4.05. The number of aliphatic hydroxyl groups is 6. The molecule has 0 saturated carbocycles. The molecule has 0 aromatic rings. The topological polar surface area (TPSA) is 234 Å². The number of rotatable bonds is 10. The quantitative estimate of drug-likeness (QED) is 0.141. The van der Waals surface area contributed by atoms with Crippen LogP contribution in [0.4, 0.5) is 0 Å². The summed E-state index contributed by atoms with van der Waals surface area (Å²) < 4.78 is 26.8. The number of hydrogen-bond acceptors (Lipinski definition) is 13. The van der Waals surface area contributed by atoms with Crippen molar-refractivity contribution < 1.29 is 69.0 Å². The van der Waals surface area contributed by atoms with Crippen LogP contribution in [0.25, 0.3) is 0 Å². The summed E-state index contributed by atoms with van der Waals surface area (Å²) in [6.07, 6.45) is -14.5. The highest BCUT2D eigenvalue weighted by Gasteiger charge is 2.57. The molecular formula is C19H33NO14. The van der Waals surface area contributed by atoms with Gasteiger partial charge in [0.05, 0.1) is 25.4 Å². The summed E-state index contributed by atoms with van der Waals surface area (Å²) >= 11 is 0. The van der Waals surface area contributed by atoms with Crippen molar-refractivity contribution in [3.63, 3.8) is 0 Å². The Bertz CT molecular complexity index is 696.